The SMILES string of the molecule is Cc1oc(Cl)cc1Cl. The van der Waals surface area contributed by atoms with E-state index >= 15 is 0 Å². The van der Waals surface area contributed by atoms with Crippen molar-refractivity contribution in [1.29, 1.82) is 0 Å². The van der Waals surface area contributed by atoms with Crippen LogP contribution in [0.3, 0.4) is 0 Å². The molecule has 0 amide bonds. The van der Waals surface area contributed by atoms with Crippen molar-refractivity contribution >= 4 is 23.2 Å². The fraction of sp³-hybridized carbons (Fsp3) is 0.200. The van der Waals surface area contributed by atoms with Crippen LogP contribution in [-0.2, 0) is 0 Å². The average molecular weight is 151 g/mol. The van der Waals surface area contributed by atoms with Crippen molar-refractivity contribution in [2.75, 3.05) is 0 Å². The van der Waals surface area contributed by atoms with Crippen LogP contribution < -0.4 is 0 Å². The van der Waals surface area contributed by atoms with Crippen LogP contribution >= 0.6 is 23.2 Å². The highest BCUT2D eigenvalue weighted by molar-refractivity contribution is 6.34. The van der Waals surface area contributed by atoms with E-state index in [2.05, 4.69) is 0 Å². The largest absolute Gasteiger partial charge is 0.448 e. The summed E-state index contributed by atoms with van der Waals surface area (Å²) >= 11 is 11.0. The highest BCUT2D eigenvalue weighted by Gasteiger charge is 1.99. The molecule has 0 bridgehead atoms. The van der Waals surface area contributed by atoms with Crippen molar-refractivity contribution in [3.8, 4) is 0 Å². The Hall–Kier alpha value is -0.140. The summed E-state index contributed by atoms with van der Waals surface area (Å²) in [6.45, 7) is 1.76. The minimum atomic E-state index is 0.340. The maximum atomic E-state index is 5.55. The second kappa shape index (κ2) is 2.00. The molecular formula is C5H4Cl2O. The highest BCUT2D eigenvalue weighted by atomic mass is 35.5. The van der Waals surface area contributed by atoms with E-state index in [-0.39, 0.29) is 0 Å². The van der Waals surface area contributed by atoms with Gasteiger partial charge >= 0.3 is 0 Å². The Morgan fingerprint density at radius 2 is 2.12 bits per heavy atom. The van der Waals surface area contributed by atoms with Gasteiger partial charge in [0.05, 0.1) is 5.02 Å². The van der Waals surface area contributed by atoms with Crippen LogP contribution in [0.2, 0.25) is 10.2 Å². The molecule has 1 nitrogen and oxygen atoms in total. The smallest absolute Gasteiger partial charge is 0.194 e. The summed E-state index contributed by atoms with van der Waals surface area (Å²) in [5.41, 5.74) is 0. The second-order valence-corrected chi connectivity index (χ2v) is 2.23. The van der Waals surface area contributed by atoms with Crippen molar-refractivity contribution in [2.24, 2.45) is 0 Å². The second-order valence-electron chi connectivity index (χ2n) is 1.45. The van der Waals surface area contributed by atoms with Crippen LogP contribution in [-0.4, -0.2) is 0 Å². The fourth-order valence-corrected chi connectivity index (χ4v) is 0.844. The van der Waals surface area contributed by atoms with Crippen molar-refractivity contribution in [2.45, 2.75) is 6.92 Å². The van der Waals surface area contributed by atoms with Gasteiger partial charge in [0, 0.05) is 6.07 Å². The molecule has 0 saturated heterocycles. The zero-order valence-corrected chi connectivity index (χ0v) is 5.75. The first-order valence-corrected chi connectivity index (χ1v) is 2.87. The number of halogens is 2. The molecule has 0 atom stereocenters. The van der Waals surface area contributed by atoms with Crippen LogP contribution in [0.15, 0.2) is 10.5 Å². The third-order valence-electron chi connectivity index (χ3n) is 0.827. The first-order chi connectivity index (χ1) is 3.70. The number of hydrogen-bond donors (Lipinski definition) is 0. The molecule has 0 aliphatic heterocycles. The monoisotopic (exact) mass is 150 g/mol. The van der Waals surface area contributed by atoms with E-state index in [9.17, 15) is 0 Å². The lowest BCUT2D eigenvalue weighted by Crippen LogP contribution is -1.56. The third kappa shape index (κ3) is 0.984. The van der Waals surface area contributed by atoms with Gasteiger partial charge in [-0.05, 0) is 18.5 Å². The van der Waals surface area contributed by atoms with Crippen molar-refractivity contribution in [3.63, 3.8) is 0 Å². The molecule has 0 spiro atoms. The standard InChI is InChI=1S/C5H4Cl2O/c1-3-4(6)2-5(7)8-3/h2H,1H3. The van der Waals surface area contributed by atoms with Gasteiger partial charge in [-0.2, -0.15) is 0 Å². The predicted octanol–water partition coefficient (Wildman–Crippen LogP) is 2.89. The molecule has 0 aromatic carbocycles. The summed E-state index contributed by atoms with van der Waals surface area (Å²) in [5.74, 6) is 0.664. The molecule has 3 heteroatoms. The molecule has 44 valence electrons. The molecule has 1 heterocycles. The van der Waals surface area contributed by atoms with Crippen molar-refractivity contribution in [3.05, 3.63) is 22.1 Å². The molecule has 0 unspecified atom stereocenters. The molecule has 0 radical (unpaired) electrons. The van der Waals surface area contributed by atoms with Crippen LogP contribution in [0, 0.1) is 6.92 Å². The topological polar surface area (TPSA) is 13.1 Å². The van der Waals surface area contributed by atoms with Gasteiger partial charge in [0.25, 0.3) is 0 Å². The van der Waals surface area contributed by atoms with Gasteiger partial charge in [0.1, 0.15) is 5.76 Å². The summed E-state index contributed by atoms with van der Waals surface area (Å²) in [7, 11) is 0. The van der Waals surface area contributed by atoms with E-state index in [1.807, 2.05) is 0 Å². The van der Waals surface area contributed by atoms with Gasteiger partial charge in [-0.1, -0.05) is 11.6 Å². The summed E-state index contributed by atoms with van der Waals surface area (Å²) in [4.78, 5) is 0. The van der Waals surface area contributed by atoms with E-state index < -0.39 is 0 Å². The van der Waals surface area contributed by atoms with Gasteiger partial charge in [0.2, 0.25) is 0 Å². The summed E-state index contributed by atoms with van der Waals surface area (Å²) in [5, 5.41) is 0.919. The Bertz CT molecular complexity index is 173. The molecule has 1 rings (SSSR count). The number of furan rings is 1. The Labute approximate surface area is 57.2 Å². The quantitative estimate of drug-likeness (QED) is 0.555. The predicted molar refractivity (Wildman–Crippen MR) is 33.5 cm³/mol. The Balaban J connectivity index is 3.14. The zero-order valence-electron chi connectivity index (χ0n) is 4.24. The van der Waals surface area contributed by atoms with E-state index in [4.69, 9.17) is 27.6 Å². The van der Waals surface area contributed by atoms with Gasteiger partial charge in [-0.15, -0.1) is 0 Å². The molecule has 0 fully saturated rings. The Morgan fingerprint density at radius 1 is 1.50 bits per heavy atom. The van der Waals surface area contributed by atoms with E-state index in [1.54, 1.807) is 13.0 Å². The van der Waals surface area contributed by atoms with Crippen LogP contribution in [0.1, 0.15) is 5.76 Å². The fourth-order valence-electron chi connectivity index (χ4n) is 0.426. The summed E-state index contributed by atoms with van der Waals surface area (Å²) in [6, 6.07) is 1.57. The van der Waals surface area contributed by atoms with Crippen LogP contribution in [0.25, 0.3) is 0 Å². The van der Waals surface area contributed by atoms with E-state index in [0.717, 1.165) is 0 Å². The maximum Gasteiger partial charge on any atom is 0.194 e. The maximum absolute atomic E-state index is 5.55. The van der Waals surface area contributed by atoms with E-state index in [0.29, 0.717) is 16.0 Å². The Kier molecular flexibility index (Phi) is 1.49. The van der Waals surface area contributed by atoms with Crippen molar-refractivity contribution in [1.82, 2.24) is 0 Å². The van der Waals surface area contributed by atoms with Crippen LogP contribution in [0.4, 0.5) is 0 Å². The molecule has 8 heavy (non-hydrogen) atoms. The van der Waals surface area contributed by atoms with Crippen LogP contribution in [0.5, 0.6) is 0 Å². The number of aryl methyl sites for hydroxylation is 1. The van der Waals surface area contributed by atoms with Gasteiger partial charge in [-0.25, -0.2) is 0 Å². The van der Waals surface area contributed by atoms with Gasteiger partial charge in [-0.3, -0.25) is 0 Å². The third-order valence-corrected chi connectivity index (χ3v) is 1.39. The average Bonchev–Trinajstić information content (AvgIpc) is 1.85. The lowest BCUT2D eigenvalue weighted by molar-refractivity contribution is 0.536. The lowest BCUT2D eigenvalue weighted by atomic mass is 10.5. The van der Waals surface area contributed by atoms with Crippen molar-refractivity contribution < 1.29 is 4.42 Å². The Morgan fingerprint density at radius 3 is 2.25 bits per heavy atom. The normalized spacial score (nSPS) is 9.88. The minimum Gasteiger partial charge on any atom is -0.448 e. The lowest BCUT2D eigenvalue weighted by Gasteiger charge is -1.77. The molecular weight excluding hydrogens is 147 g/mol. The molecule has 1 aromatic rings. The first kappa shape index (κ1) is 5.99. The zero-order chi connectivity index (χ0) is 6.15. The molecule has 0 aliphatic carbocycles. The summed E-state index contributed by atoms with van der Waals surface area (Å²) < 4.78 is 4.85. The van der Waals surface area contributed by atoms with Gasteiger partial charge in [0.15, 0.2) is 5.22 Å². The molecule has 0 aliphatic rings. The molecule has 1 aromatic heterocycles. The molecule has 0 N–H and O–H groups in total. The van der Waals surface area contributed by atoms with E-state index in [1.165, 1.54) is 0 Å². The minimum absolute atomic E-state index is 0.340. The number of rotatable bonds is 0. The summed E-state index contributed by atoms with van der Waals surface area (Å²) in [6.07, 6.45) is 0. The van der Waals surface area contributed by atoms with Gasteiger partial charge < -0.3 is 4.42 Å². The molecule has 0 saturated carbocycles. The first-order valence-electron chi connectivity index (χ1n) is 2.11. The number of hydrogen-bond acceptors (Lipinski definition) is 1. The highest BCUT2D eigenvalue weighted by Crippen LogP contribution is 2.22.